The van der Waals surface area contributed by atoms with Gasteiger partial charge in [-0.3, -0.25) is 0 Å². The zero-order valence-electron chi connectivity index (χ0n) is 9.97. The largest absolute Gasteiger partial charge is 0.0879 e. The number of halogens is 6. The Kier molecular flexibility index (Phi) is 10.3. The first-order valence-electron chi connectivity index (χ1n) is 6.26. The van der Waals surface area contributed by atoms with Gasteiger partial charge in [0, 0.05) is 29.0 Å². The maximum atomic E-state index is 3.82. The third-order valence-electron chi connectivity index (χ3n) is 3.33. The smallest absolute Gasteiger partial charge is 0.0271 e. The summed E-state index contributed by atoms with van der Waals surface area (Å²) in [5, 5.41) is 0. The van der Waals surface area contributed by atoms with Gasteiger partial charge in [-0.1, -0.05) is 95.6 Å². The van der Waals surface area contributed by atoms with Crippen LogP contribution in [-0.4, -0.2) is 29.0 Å². The molecule has 0 spiro atoms. The van der Waals surface area contributed by atoms with Gasteiger partial charge in [-0.2, -0.15) is 0 Å². The molecule has 108 valence electrons. The second-order valence-electron chi connectivity index (χ2n) is 4.83. The first-order chi connectivity index (χ1) is 8.41. The van der Waals surface area contributed by atoms with Crippen LogP contribution >= 0.6 is 95.6 Å². The van der Waals surface area contributed by atoms with Gasteiger partial charge in [-0.15, -0.1) is 0 Å². The van der Waals surface area contributed by atoms with E-state index in [1.807, 2.05) is 0 Å². The quantitative estimate of drug-likeness (QED) is 0.252. The van der Waals surface area contributed by atoms with E-state index in [-0.39, 0.29) is 0 Å². The van der Waals surface area contributed by atoms with Crippen LogP contribution in [-0.2, 0) is 0 Å². The average molecular weight is 642 g/mol. The summed E-state index contributed by atoms with van der Waals surface area (Å²) in [4.78, 5) is 3.36. The molecule has 0 N–H and O–H groups in total. The molecule has 1 rings (SSSR count). The summed E-state index contributed by atoms with van der Waals surface area (Å²) in [6.07, 6.45) is 7.24. The van der Waals surface area contributed by atoms with E-state index in [9.17, 15) is 0 Å². The van der Waals surface area contributed by atoms with Crippen LogP contribution in [0.1, 0.15) is 38.5 Å². The summed E-state index contributed by atoms with van der Waals surface area (Å²) in [7, 11) is 0. The molecular weight excluding hydrogens is 624 g/mol. The maximum absolute atomic E-state index is 3.82. The van der Waals surface area contributed by atoms with Crippen LogP contribution in [0.5, 0.6) is 0 Å². The molecule has 0 aromatic carbocycles. The molecule has 1 aliphatic carbocycles. The Labute approximate surface area is 161 Å². The third kappa shape index (κ3) is 6.76. The summed E-state index contributed by atoms with van der Waals surface area (Å²) in [6, 6.07) is 0. The van der Waals surface area contributed by atoms with Crippen molar-refractivity contribution < 1.29 is 0 Å². The highest BCUT2D eigenvalue weighted by molar-refractivity contribution is 9.13. The highest BCUT2D eigenvalue weighted by Gasteiger charge is 2.25. The topological polar surface area (TPSA) is 0 Å². The molecule has 0 aromatic rings. The third-order valence-corrected chi connectivity index (χ3v) is 12.0. The van der Waals surface area contributed by atoms with Gasteiger partial charge >= 0.3 is 0 Å². The van der Waals surface area contributed by atoms with E-state index < -0.39 is 0 Å². The minimum atomic E-state index is 0.560. The minimum Gasteiger partial charge on any atom is -0.0879 e. The Morgan fingerprint density at radius 2 is 0.444 bits per heavy atom. The summed E-state index contributed by atoms with van der Waals surface area (Å²) >= 11 is 22.9. The van der Waals surface area contributed by atoms with Crippen LogP contribution < -0.4 is 0 Å². The summed E-state index contributed by atoms with van der Waals surface area (Å²) in [5.74, 6) is 0. The Balaban J connectivity index is 2.61. The molecule has 1 aliphatic rings. The molecule has 1 saturated carbocycles. The Morgan fingerprint density at radius 3 is 0.556 bits per heavy atom. The van der Waals surface area contributed by atoms with Crippen LogP contribution in [0.25, 0.3) is 0 Å². The zero-order chi connectivity index (χ0) is 13.7. The van der Waals surface area contributed by atoms with Gasteiger partial charge in [0.25, 0.3) is 0 Å². The highest BCUT2D eigenvalue weighted by Crippen LogP contribution is 2.34. The molecule has 18 heavy (non-hydrogen) atoms. The van der Waals surface area contributed by atoms with E-state index in [4.69, 9.17) is 0 Å². The van der Waals surface area contributed by atoms with Crippen molar-refractivity contribution in [1.29, 1.82) is 0 Å². The fraction of sp³-hybridized carbons (Fsp3) is 1.00. The van der Waals surface area contributed by atoms with Crippen molar-refractivity contribution in [3.63, 3.8) is 0 Å². The van der Waals surface area contributed by atoms with Crippen LogP contribution in [0, 0.1) is 0 Å². The lowest BCUT2D eigenvalue weighted by atomic mass is 10.0. The molecule has 0 aromatic heterocycles. The molecule has 0 radical (unpaired) electrons. The number of rotatable bonds is 0. The van der Waals surface area contributed by atoms with Gasteiger partial charge in [0.05, 0.1) is 0 Å². The van der Waals surface area contributed by atoms with Gasteiger partial charge in [-0.25, -0.2) is 0 Å². The van der Waals surface area contributed by atoms with Crippen molar-refractivity contribution in [2.24, 2.45) is 0 Å². The van der Waals surface area contributed by atoms with Crippen LogP contribution in [0.3, 0.4) is 0 Å². The van der Waals surface area contributed by atoms with Gasteiger partial charge in [0.1, 0.15) is 0 Å². The van der Waals surface area contributed by atoms with Crippen molar-refractivity contribution in [3.05, 3.63) is 0 Å². The Morgan fingerprint density at radius 1 is 0.333 bits per heavy atom. The van der Waals surface area contributed by atoms with Crippen molar-refractivity contribution in [2.75, 3.05) is 0 Å². The van der Waals surface area contributed by atoms with E-state index >= 15 is 0 Å². The molecule has 6 heteroatoms. The van der Waals surface area contributed by atoms with Crippen molar-refractivity contribution in [3.8, 4) is 0 Å². The van der Waals surface area contributed by atoms with E-state index in [1.165, 1.54) is 38.5 Å². The molecule has 0 nitrogen and oxygen atoms in total. The van der Waals surface area contributed by atoms with Gasteiger partial charge in [-0.05, 0) is 38.5 Å². The predicted molar refractivity (Wildman–Crippen MR) is 104 cm³/mol. The maximum Gasteiger partial charge on any atom is 0.0271 e. The Bertz CT molecular complexity index is 175. The predicted octanol–water partition coefficient (Wildman–Crippen LogP) is 6.92. The lowest BCUT2D eigenvalue weighted by molar-refractivity contribution is 0.557. The lowest BCUT2D eigenvalue weighted by Gasteiger charge is -2.25. The van der Waals surface area contributed by atoms with Crippen molar-refractivity contribution in [1.82, 2.24) is 0 Å². The molecular formula is C12H18Br6. The van der Waals surface area contributed by atoms with Gasteiger partial charge < -0.3 is 0 Å². The van der Waals surface area contributed by atoms with Crippen molar-refractivity contribution in [2.45, 2.75) is 67.5 Å². The second-order valence-corrected chi connectivity index (χ2v) is 11.9. The van der Waals surface area contributed by atoms with E-state index in [1.54, 1.807) is 0 Å². The molecule has 0 unspecified atom stereocenters. The monoisotopic (exact) mass is 636 g/mol. The summed E-state index contributed by atoms with van der Waals surface area (Å²) < 4.78 is 0. The molecule has 0 amide bonds. The average Bonchev–Trinajstić information content (AvgIpc) is 2.36. The molecule has 0 aliphatic heterocycles. The van der Waals surface area contributed by atoms with Crippen LogP contribution in [0.4, 0.5) is 0 Å². The molecule has 0 saturated heterocycles. The van der Waals surface area contributed by atoms with E-state index in [2.05, 4.69) is 95.6 Å². The highest BCUT2D eigenvalue weighted by atomic mass is 79.9. The number of alkyl halides is 6. The van der Waals surface area contributed by atoms with Crippen LogP contribution in [0.15, 0.2) is 0 Å². The Hall–Kier alpha value is 2.88. The molecule has 0 heterocycles. The fourth-order valence-corrected chi connectivity index (χ4v) is 5.21. The summed E-state index contributed by atoms with van der Waals surface area (Å²) in [6.45, 7) is 0. The summed E-state index contributed by atoms with van der Waals surface area (Å²) in [5.41, 5.74) is 0. The van der Waals surface area contributed by atoms with E-state index in [0.717, 1.165) is 0 Å². The normalized spacial score (nSPS) is 45.0. The number of hydrogen-bond acceptors (Lipinski definition) is 0. The molecule has 6 atom stereocenters. The SMILES string of the molecule is Br[C@H]1CC[C@H](Br)[C@@H](Br)CC[C@H](Br)[C@@H](Br)CC[C@@H]1Br. The fourth-order valence-electron chi connectivity index (χ4n) is 2.04. The van der Waals surface area contributed by atoms with Gasteiger partial charge in [0.15, 0.2) is 0 Å². The number of hydrogen-bond donors (Lipinski definition) is 0. The first-order valence-corrected chi connectivity index (χ1v) is 11.8. The lowest BCUT2D eigenvalue weighted by Crippen LogP contribution is -2.25. The molecule has 0 bridgehead atoms. The standard InChI is InChI=1S/C12H18Br6/c13-7-1-2-8(14)10(16)5-6-12(18)11(17)4-3-9(7)15/h7-12H,1-6H2/t7-,8-,9-,10-,11-,12-/m0/s1. The second kappa shape index (κ2) is 9.81. The van der Waals surface area contributed by atoms with Gasteiger partial charge in [0.2, 0.25) is 0 Å². The van der Waals surface area contributed by atoms with Crippen molar-refractivity contribution >= 4 is 95.6 Å². The minimum absolute atomic E-state index is 0.560. The molecule has 1 fully saturated rings. The van der Waals surface area contributed by atoms with E-state index in [0.29, 0.717) is 29.0 Å². The zero-order valence-corrected chi connectivity index (χ0v) is 19.5. The first kappa shape index (κ1) is 18.9. The van der Waals surface area contributed by atoms with Crippen LogP contribution in [0.2, 0.25) is 0 Å².